The number of halogens is 2. The van der Waals surface area contributed by atoms with Crippen LogP contribution in [-0.2, 0) is 20.9 Å². The Morgan fingerprint density at radius 3 is 2.32 bits per heavy atom. The normalized spacial score (nSPS) is 19.1. The Morgan fingerprint density at radius 2 is 1.63 bits per heavy atom. The van der Waals surface area contributed by atoms with Gasteiger partial charge in [0.05, 0.1) is 28.4 Å². The number of rotatable bonds is 6. The minimum absolute atomic E-state index is 0.0425. The van der Waals surface area contributed by atoms with Crippen molar-refractivity contribution in [2.45, 2.75) is 57.7 Å². The van der Waals surface area contributed by atoms with Crippen molar-refractivity contribution in [2.24, 2.45) is 5.92 Å². The lowest BCUT2D eigenvalue weighted by molar-refractivity contribution is -0.143. The molecule has 2 amide bonds. The zero-order valence-corrected chi connectivity index (χ0v) is 25.0. The van der Waals surface area contributed by atoms with Gasteiger partial charge in [-0.05, 0) is 61.9 Å². The number of amides is 2. The van der Waals surface area contributed by atoms with Crippen molar-refractivity contribution >= 4 is 41.0 Å². The number of nitrogens with zero attached hydrogens (tertiary/aromatic N) is 2. The van der Waals surface area contributed by atoms with Gasteiger partial charge in [0.2, 0.25) is 5.91 Å². The summed E-state index contributed by atoms with van der Waals surface area (Å²) in [6.07, 6.45) is 1.14. The van der Waals surface area contributed by atoms with E-state index in [1.54, 1.807) is 26.8 Å². The number of benzene rings is 3. The van der Waals surface area contributed by atoms with E-state index < -0.39 is 23.5 Å². The number of ether oxygens (including phenoxy) is 1. The Morgan fingerprint density at radius 1 is 0.951 bits per heavy atom. The summed E-state index contributed by atoms with van der Waals surface area (Å²) in [6.45, 7) is 5.56. The van der Waals surface area contributed by atoms with Crippen molar-refractivity contribution in [3.63, 3.8) is 0 Å². The zero-order valence-electron chi connectivity index (χ0n) is 23.5. The molecule has 0 spiro atoms. The number of hydrogen-bond acceptors (Lipinski definition) is 4. The lowest BCUT2D eigenvalue weighted by atomic mass is 9.78. The van der Waals surface area contributed by atoms with Crippen molar-refractivity contribution in [1.29, 1.82) is 0 Å². The van der Waals surface area contributed by atoms with E-state index >= 15 is 0 Å². The second-order valence-electron chi connectivity index (χ2n) is 11.8. The maximum absolute atomic E-state index is 14.4. The minimum Gasteiger partial charge on any atom is -0.444 e. The van der Waals surface area contributed by atoms with Crippen LogP contribution in [0, 0.1) is 5.92 Å². The number of Topliss-reactive ketones (excluding diaryl/α,β-unsaturated/α-hetero) is 1. The predicted molar refractivity (Wildman–Crippen MR) is 161 cm³/mol. The summed E-state index contributed by atoms with van der Waals surface area (Å²) in [5.74, 6) is -1.86. The van der Waals surface area contributed by atoms with Gasteiger partial charge in [0.15, 0.2) is 5.78 Å². The molecule has 1 aliphatic heterocycles. The summed E-state index contributed by atoms with van der Waals surface area (Å²) in [5, 5.41) is 0.835. The van der Waals surface area contributed by atoms with Gasteiger partial charge in [-0.15, -0.1) is 0 Å². The smallest absolute Gasteiger partial charge is 0.410 e. The Balaban J connectivity index is 1.51. The molecule has 0 N–H and O–H groups in total. The summed E-state index contributed by atoms with van der Waals surface area (Å²) in [4.78, 5) is 44.5. The number of likely N-dealkylation sites (tertiary alicyclic amines) is 1. The predicted octanol–water partition coefficient (Wildman–Crippen LogP) is 7.37. The maximum atomic E-state index is 14.4. The third-order valence-electron chi connectivity index (χ3n) is 7.48. The number of piperidine rings is 1. The molecule has 0 radical (unpaired) electrons. The fourth-order valence-corrected chi connectivity index (χ4v) is 5.79. The quantitative estimate of drug-likeness (QED) is 0.299. The maximum Gasteiger partial charge on any atom is 0.410 e. The Bertz CT molecular complexity index is 1450. The van der Waals surface area contributed by atoms with Gasteiger partial charge in [-0.3, -0.25) is 9.59 Å². The van der Waals surface area contributed by atoms with Gasteiger partial charge in [0.1, 0.15) is 5.60 Å². The molecule has 2 aliphatic rings. The van der Waals surface area contributed by atoms with Crippen molar-refractivity contribution in [2.75, 3.05) is 13.1 Å². The molecule has 41 heavy (non-hydrogen) atoms. The summed E-state index contributed by atoms with van der Waals surface area (Å²) < 4.78 is 5.59. The highest BCUT2D eigenvalue weighted by Gasteiger charge is 2.47. The van der Waals surface area contributed by atoms with E-state index in [1.807, 2.05) is 71.6 Å². The molecule has 2 fully saturated rings. The molecule has 2 atom stereocenters. The Kier molecular flexibility index (Phi) is 8.44. The van der Waals surface area contributed by atoms with Crippen LogP contribution in [0.25, 0.3) is 11.1 Å². The molecule has 5 rings (SSSR count). The molecule has 0 bridgehead atoms. The van der Waals surface area contributed by atoms with Gasteiger partial charge in [0.25, 0.3) is 0 Å². The second-order valence-corrected chi connectivity index (χ2v) is 12.6. The highest BCUT2D eigenvalue weighted by atomic mass is 35.5. The average Bonchev–Trinajstić information content (AvgIpc) is 3.78. The van der Waals surface area contributed by atoms with E-state index in [0.29, 0.717) is 10.0 Å². The summed E-state index contributed by atoms with van der Waals surface area (Å²) in [5.41, 5.74) is 2.75. The van der Waals surface area contributed by atoms with Crippen LogP contribution in [-0.4, -0.2) is 52.3 Å². The van der Waals surface area contributed by atoms with E-state index in [1.165, 1.54) is 4.90 Å². The lowest BCUT2D eigenvalue weighted by Crippen LogP contribution is -2.54. The molecule has 6 nitrogen and oxygen atoms in total. The van der Waals surface area contributed by atoms with Crippen LogP contribution < -0.4 is 0 Å². The Hall–Kier alpha value is -3.35. The van der Waals surface area contributed by atoms with Gasteiger partial charge in [-0.1, -0.05) is 89.9 Å². The van der Waals surface area contributed by atoms with Gasteiger partial charge in [-0.2, -0.15) is 0 Å². The molecule has 0 unspecified atom stereocenters. The van der Waals surface area contributed by atoms with Crippen LogP contribution in [0.3, 0.4) is 0 Å². The molecule has 1 heterocycles. The summed E-state index contributed by atoms with van der Waals surface area (Å²) >= 11 is 12.8. The fourth-order valence-electron chi connectivity index (χ4n) is 5.41. The number of hydrogen-bond donors (Lipinski definition) is 0. The third kappa shape index (κ3) is 6.77. The van der Waals surface area contributed by atoms with E-state index in [9.17, 15) is 14.4 Å². The lowest BCUT2D eigenvalue weighted by Gasteiger charge is -2.39. The first kappa shape index (κ1) is 29.2. The molecule has 0 aromatic heterocycles. The number of carbonyl (C=O) groups is 3. The van der Waals surface area contributed by atoms with E-state index in [-0.39, 0.29) is 37.4 Å². The van der Waals surface area contributed by atoms with Gasteiger partial charge in [-0.25, -0.2) is 4.79 Å². The highest BCUT2D eigenvalue weighted by Crippen LogP contribution is 2.39. The first-order chi connectivity index (χ1) is 19.5. The molecule has 3 aromatic carbocycles. The van der Waals surface area contributed by atoms with E-state index in [0.717, 1.165) is 35.1 Å². The third-order valence-corrected chi connectivity index (χ3v) is 8.34. The standard InChI is InChI=1S/C33H34Cl2N2O4/c1-33(2,3)41-32(40)36-19-26(31(39)37(25-15-16-25)18-24-13-8-14-27(34)30(24)35)29(28(38)20-36)23-12-7-11-22(17-23)21-9-5-4-6-10-21/h4-14,17,25-26,29H,15-16,18-20H2,1-3H3/t26-,29+/m0/s1. The number of ketones is 1. The topological polar surface area (TPSA) is 66.9 Å². The molecule has 1 aliphatic carbocycles. The molecule has 8 heteroatoms. The fraction of sp³-hybridized carbons (Fsp3) is 0.364. The Labute approximate surface area is 251 Å². The average molecular weight is 594 g/mol. The highest BCUT2D eigenvalue weighted by molar-refractivity contribution is 6.42. The van der Waals surface area contributed by atoms with Crippen LogP contribution >= 0.6 is 23.2 Å². The molecule has 1 saturated carbocycles. The van der Waals surface area contributed by atoms with Gasteiger partial charge < -0.3 is 14.5 Å². The molecule has 214 valence electrons. The van der Waals surface area contributed by atoms with Crippen LogP contribution in [0.2, 0.25) is 10.0 Å². The van der Waals surface area contributed by atoms with Crippen molar-refractivity contribution in [3.8, 4) is 11.1 Å². The van der Waals surface area contributed by atoms with Crippen LogP contribution in [0.4, 0.5) is 4.79 Å². The second kappa shape index (κ2) is 11.9. The monoisotopic (exact) mass is 592 g/mol. The molecule has 3 aromatic rings. The first-order valence-corrected chi connectivity index (χ1v) is 14.7. The first-order valence-electron chi connectivity index (χ1n) is 13.9. The van der Waals surface area contributed by atoms with Crippen LogP contribution in [0.1, 0.15) is 50.7 Å². The largest absolute Gasteiger partial charge is 0.444 e. The van der Waals surface area contributed by atoms with E-state index in [4.69, 9.17) is 27.9 Å². The van der Waals surface area contributed by atoms with E-state index in [2.05, 4.69) is 0 Å². The molecular weight excluding hydrogens is 559 g/mol. The number of carbonyl (C=O) groups excluding carboxylic acids is 3. The zero-order chi connectivity index (χ0) is 29.3. The summed E-state index contributed by atoms with van der Waals surface area (Å²) in [7, 11) is 0. The van der Waals surface area contributed by atoms with Gasteiger partial charge >= 0.3 is 6.09 Å². The molecule has 1 saturated heterocycles. The SMILES string of the molecule is CC(C)(C)OC(=O)N1CC(=O)[C@H](c2cccc(-c3ccccc3)c2)[C@@H](C(=O)N(Cc2cccc(Cl)c2Cl)C2CC2)C1. The summed E-state index contributed by atoms with van der Waals surface area (Å²) in [6, 6.07) is 23.1. The van der Waals surface area contributed by atoms with Crippen molar-refractivity contribution in [1.82, 2.24) is 9.80 Å². The van der Waals surface area contributed by atoms with Crippen LogP contribution in [0.15, 0.2) is 72.8 Å². The molecular formula is C33H34Cl2N2O4. The minimum atomic E-state index is -0.784. The van der Waals surface area contributed by atoms with Crippen molar-refractivity contribution < 1.29 is 19.1 Å². The van der Waals surface area contributed by atoms with Crippen molar-refractivity contribution in [3.05, 3.63) is 94.0 Å². The van der Waals surface area contributed by atoms with Gasteiger partial charge in [0, 0.05) is 19.1 Å². The van der Waals surface area contributed by atoms with Crippen LogP contribution in [0.5, 0.6) is 0 Å².